The Morgan fingerprint density at radius 3 is 1.57 bits per heavy atom. The third-order valence-corrected chi connectivity index (χ3v) is 13.4. The zero-order valence-corrected chi connectivity index (χ0v) is 33.6. The summed E-state index contributed by atoms with van der Waals surface area (Å²) in [6.45, 7) is 4.71. The fourth-order valence-electron chi connectivity index (χ4n) is 10.6. The summed E-state index contributed by atoms with van der Waals surface area (Å²) in [4.78, 5) is 2.43. The van der Waals surface area contributed by atoms with Crippen molar-refractivity contribution >= 4 is 17.1 Å². The van der Waals surface area contributed by atoms with Gasteiger partial charge in [0.25, 0.3) is 0 Å². The van der Waals surface area contributed by atoms with Gasteiger partial charge in [-0.2, -0.15) is 0 Å². The van der Waals surface area contributed by atoms with Gasteiger partial charge in [-0.25, -0.2) is 0 Å². The average Bonchev–Trinajstić information content (AvgIpc) is 3.72. The normalized spacial score (nSPS) is 14.2. The molecule has 12 rings (SSSR count). The summed E-state index contributed by atoms with van der Waals surface area (Å²) >= 11 is 0. The van der Waals surface area contributed by atoms with Crippen LogP contribution in [0.4, 0.5) is 17.1 Å². The second-order valence-electron chi connectivity index (χ2n) is 16.8. The lowest BCUT2D eigenvalue weighted by Gasteiger charge is -2.39. The lowest BCUT2D eigenvalue weighted by atomic mass is 9.66. The molecule has 0 saturated carbocycles. The van der Waals surface area contributed by atoms with Gasteiger partial charge in [0.1, 0.15) is 11.5 Å². The van der Waals surface area contributed by atoms with E-state index in [-0.39, 0.29) is 5.41 Å². The maximum atomic E-state index is 6.74. The lowest BCUT2D eigenvalue weighted by Crippen LogP contribution is -2.32. The number of nitrogens with zero attached hydrogens (tertiary/aromatic N) is 1. The van der Waals surface area contributed by atoms with Crippen LogP contribution in [0.15, 0.2) is 212 Å². The van der Waals surface area contributed by atoms with Crippen LogP contribution in [0.5, 0.6) is 11.5 Å². The average molecular weight is 768 g/mol. The van der Waals surface area contributed by atoms with Gasteiger partial charge in [-0.05, 0) is 110 Å². The molecular weight excluding hydrogens is 727 g/mol. The summed E-state index contributed by atoms with van der Waals surface area (Å²) in [6, 6.07) is 77.7. The number of fused-ring (bicyclic) bond motifs is 12. The Hall–Kier alpha value is -7.42. The molecule has 1 spiro atoms. The number of anilines is 3. The Bertz CT molecular complexity index is 3110. The molecule has 284 valence electrons. The topological polar surface area (TPSA) is 12.5 Å². The van der Waals surface area contributed by atoms with Crippen molar-refractivity contribution in [2.45, 2.75) is 24.7 Å². The van der Waals surface area contributed by atoms with Crippen molar-refractivity contribution in [2.75, 3.05) is 4.90 Å². The van der Waals surface area contributed by atoms with Crippen molar-refractivity contribution in [3.05, 3.63) is 246 Å². The van der Waals surface area contributed by atoms with Crippen molar-refractivity contribution in [2.24, 2.45) is 0 Å². The predicted octanol–water partition coefficient (Wildman–Crippen LogP) is 15.3. The monoisotopic (exact) mass is 767 g/mol. The Labute approximate surface area is 351 Å². The predicted molar refractivity (Wildman–Crippen MR) is 247 cm³/mol. The first-order chi connectivity index (χ1) is 29.5. The van der Waals surface area contributed by atoms with E-state index < -0.39 is 5.41 Å². The van der Waals surface area contributed by atoms with E-state index in [4.69, 9.17) is 4.74 Å². The molecule has 0 saturated heterocycles. The van der Waals surface area contributed by atoms with Gasteiger partial charge in [0.15, 0.2) is 0 Å². The quantitative estimate of drug-likeness (QED) is 0.173. The van der Waals surface area contributed by atoms with Crippen molar-refractivity contribution in [3.8, 4) is 56.0 Å². The van der Waals surface area contributed by atoms with Crippen molar-refractivity contribution in [1.29, 1.82) is 0 Å². The highest BCUT2D eigenvalue weighted by Crippen LogP contribution is 2.62. The highest BCUT2D eigenvalue weighted by molar-refractivity contribution is 5.92. The molecule has 2 aliphatic carbocycles. The summed E-state index contributed by atoms with van der Waals surface area (Å²) in [5.74, 6) is 1.80. The van der Waals surface area contributed by atoms with Crippen LogP contribution in [-0.2, 0) is 10.8 Å². The molecule has 1 heterocycles. The minimum Gasteiger partial charge on any atom is -0.457 e. The van der Waals surface area contributed by atoms with Crippen LogP contribution in [0.25, 0.3) is 44.5 Å². The first kappa shape index (κ1) is 34.6. The molecule has 0 bridgehead atoms. The SMILES string of the molecule is CC1(C)c2ccccc2-c2ccc(N(c3ccc(-c4ccc5c(c4)C4(c6ccccc6O5)c5ccccc5-c5ccccc54)cc3)c3ccccc3-c3ccccc3)cc21. The molecule has 2 heteroatoms. The molecule has 0 fully saturated rings. The fourth-order valence-corrected chi connectivity index (χ4v) is 10.6. The van der Waals surface area contributed by atoms with Gasteiger partial charge in [-0.1, -0.05) is 178 Å². The highest BCUT2D eigenvalue weighted by Gasteiger charge is 2.51. The van der Waals surface area contributed by atoms with Gasteiger partial charge < -0.3 is 9.64 Å². The molecule has 0 N–H and O–H groups in total. The summed E-state index contributed by atoms with van der Waals surface area (Å²) in [7, 11) is 0. The smallest absolute Gasteiger partial charge is 0.132 e. The fraction of sp³-hybridized carbons (Fsp3) is 0.0690. The third kappa shape index (κ3) is 4.88. The molecule has 0 unspecified atom stereocenters. The Kier molecular flexibility index (Phi) is 7.52. The van der Waals surface area contributed by atoms with Gasteiger partial charge in [-0.3, -0.25) is 0 Å². The van der Waals surface area contributed by atoms with Gasteiger partial charge >= 0.3 is 0 Å². The molecule has 1 aliphatic heterocycles. The van der Waals surface area contributed by atoms with Gasteiger partial charge in [0, 0.05) is 33.5 Å². The van der Waals surface area contributed by atoms with Gasteiger partial charge in [-0.15, -0.1) is 0 Å². The molecule has 0 radical (unpaired) electrons. The van der Waals surface area contributed by atoms with Crippen molar-refractivity contribution in [1.82, 2.24) is 0 Å². The Morgan fingerprint density at radius 1 is 0.333 bits per heavy atom. The molecule has 0 atom stereocenters. The number of para-hydroxylation sites is 2. The summed E-state index contributed by atoms with van der Waals surface area (Å²) in [5.41, 5.74) is 20.3. The van der Waals surface area contributed by atoms with E-state index in [2.05, 4.69) is 231 Å². The summed E-state index contributed by atoms with van der Waals surface area (Å²) < 4.78 is 6.74. The van der Waals surface area contributed by atoms with E-state index >= 15 is 0 Å². The molecule has 2 nitrogen and oxygen atoms in total. The zero-order valence-electron chi connectivity index (χ0n) is 33.6. The van der Waals surface area contributed by atoms with E-state index in [0.717, 1.165) is 39.7 Å². The second kappa shape index (κ2) is 13.0. The first-order valence-electron chi connectivity index (χ1n) is 20.9. The van der Waals surface area contributed by atoms with E-state index in [0.29, 0.717) is 0 Å². The van der Waals surface area contributed by atoms with Crippen LogP contribution in [0, 0.1) is 0 Å². The summed E-state index contributed by atoms with van der Waals surface area (Å²) in [5, 5.41) is 0. The van der Waals surface area contributed by atoms with Crippen LogP contribution in [0.3, 0.4) is 0 Å². The third-order valence-electron chi connectivity index (χ3n) is 13.4. The minimum absolute atomic E-state index is 0.120. The maximum absolute atomic E-state index is 6.74. The number of hydrogen-bond donors (Lipinski definition) is 0. The molecule has 0 amide bonds. The summed E-state index contributed by atoms with van der Waals surface area (Å²) in [6.07, 6.45) is 0. The standard InChI is InChI=1S/C58H41NO/c1-57(2)48-22-10-6-19-44(48)47-34-33-42(37-52(47)57)59(54-26-14-9-18-43(54)39-16-4-3-5-17-39)41-31-28-38(29-32-41)40-30-35-56-53(36-40)58(51-25-13-15-27-55(51)60-56)49-23-11-7-20-45(49)46-21-8-12-24-50(46)58/h3-37H,1-2H3. The molecule has 9 aromatic carbocycles. The number of benzene rings is 9. The van der Waals surface area contributed by atoms with Crippen LogP contribution < -0.4 is 9.64 Å². The second-order valence-corrected chi connectivity index (χ2v) is 16.8. The number of ether oxygens (including phenoxy) is 1. The highest BCUT2D eigenvalue weighted by atomic mass is 16.5. The maximum Gasteiger partial charge on any atom is 0.132 e. The van der Waals surface area contributed by atoms with Gasteiger partial charge in [0.05, 0.1) is 11.1 Å². The van der Waals surface area contributed by atoms with Crippen LogP contribution >= 0.6 is 0 Å². The van der Waals surface area contributed by atoms with E-state index in [1.54, 1.807) is 0 Å². The van der Waals surface area contributed by atoms with Crippen LogP contribution in [0.1, 0.15) is 47.2 Å². The Morgan fingerprint density at radius 2 is 0.850 bits per heavy atom. The molecule has 0 aromatic heterocycles. The van der Waals surface area contributed by atoms with Gasteiger partial charge in [0.2, 0.25) is 0 Å². The molecule has 60 heavy (non-hydrogen) atoms. The molecule has 3 aliphatic rings. The van der Waals surface area contributed by atoms with Crippen LogP contribution in [0.2, 0.25) is 0 Å². The number of hydrogen-bond acceptors (Lipinski definition) is 2. The molecular formula is C58H41NO. The Balaban J connectivity index is 1.01. The largest absolute Gasteiger partial charge is 0.457 e. The lowest BCUT2D eigenvalue weighted by molar-refractivity contribution is 0.436. The van der Waals surface area contributed by atoms with Crippen molar-refractivity contribution < 1.29 is 4.74 Å². The zero-order chi connectivity index (χ0) is 40.0. The van der Waals surface area contributed by atoms with Crippen molar-refractivity contribution in [3.63, 3.8) is 0 Å². The first-order valence-corrected chi connectivity index (χ1v) is 20.9. The number of rotatable bonds is 5. The van der Waals surface area contributed by atoms with E-state index in [9.17, 15) is 0 Å². The minimum atomic E-state index is -0.508. The molecule has 9 aromatic rings. The van der Waals surface area contributed by atoms with E-state index in [1.165, 1.54) is 66.8 Å². The van der Waals surface area contributed by atoms with E-state index in [1.807, 2.05) is 0 Å². The van der Waals surface area contributed by atoms with Crippen LogP contribution in [-0.4, -0.2) is 0 Å².